The molecule has 0 aromatic heterocycles. The number of nitrogens with two attached hydrogens (primary N) is 1. The van der Waals surface area contributed by atoms with Crippen molar-refractivity contribution in [1.82, 2.24) is 0 Å². The van der Waals surface area contributed by atoms with Gasteiger partial charge in [0.25, 0.3) is 0 Å². The van der Waals surface area contributed by atoms with Crippen LogP contribution in [0.2, 0.25) is 0 Å². The molecule has 1 fully saturated rings. The standard InChI is InChI=1S/C13H20FN3/c1-9-3-5-17(6-4-9)13-8-12(16-2)11(15)7-10(13)14/h7-9,16H,3-6,15H2,1-2H3. The van der Waals surface area contributed by atoms with Gasteiger partial charge in [-0.05, 0) is 24.8 Å². The van der Waals surface area contributed by atoms with Crippen molar-refractivity contribution in [2.24, 2.45) is 5.92 Å². The van der Waals surface area contributed by atoms with Crippen LogP contribution in [0.1, 0.15) is 19.8 Å². The number of benzene rings is 1. The molecule has 3 N–H and O–H groups in total. The highest BCUT2D eigenvalue weighted by Gasteiger charge is 2.19. The van der Waals surface area contributed by atoms with Crippen molar-refractivity contribution in [3.8, 4) is 0 Å². The molecule has 1 aromatic carbocycles. The van der Waals surface area contributed by atoms with Gasteiger partial charge in [0.05, 0.1) is 17.1 Å². The lowest BCUT2D eigenvalue weighted by Crippen LogP contribution is -2.33. The van der Waals surface area contributed by atoms with E-state index >= 15 is 0 Å². The lowest BCUT2D eigenvalue weighted by molar-refractivity contribution is 0.434. The predicted octanol–water partition coefficient (Wildman–Crippen LogP) is 2.69. The minimum Gasteiger partial charge on any atom is -0.397 e. The van der Waals surface area contributed by atoms with Crippen LogP contribution in [0.25, 0.3) is 0 Å². The Kier molecular flexibility index (Phi) is 3.41. The van der Waals surface area contributed by atoms with E-state index in [1.54, 1.807) is 13.1 Å². The fraction of sp³-hybridized carbons (Fsp3) is 0.538. The second-order valence-electron chi connectivity index (χ2n) is 4.81. The Morgan fingerprint density at radius 1 is 1.35 bits per heavy atom. The average molecular weight is 237 g/mol. The van der Waals surface area contributed by atoms with E-state index in [-0.39, 0.29) is 5.82 Å². The molecule has 0 saturated carbocycles. The molecule has 0 aliphatic carbocycles. The van der Waals surface area contributed by atoms with E-state index in [0.29, 0.717) is 11.4 Å². The molecule has 2 rings (SSSR count). The highest BCUT2D eigenvalue weighted by molar-refractivity contribution is 5.72. The molecule has 1 aliphatic heterocycles. The van der Waals surface area contributed by atoms with E-state index in [9.17, 15) is 4.39 Å². The van der Waals surface area contributed by atoms with Crippen molar-refractivity contribution in [2.75, 3.05) is 36.1 Å². The Morgan fingerprint density at radius 3 is 2.59 bits per heavy atom. The van der Waals surface area contributed by atoms with Crippen molar-refractivity contribution in [2.45, 2.75) is 19.8 Å². The number of piperidine rings is 1. The Morgan fingerprint density at radius 2 is 2.00 bits per heavy atom. The Hall–Kier alpha value is -1.45. The smallest absolute Gasteiger partial charge is 0.148 e. The summed E-state index contributed by atoms with van der Waals surface area (Å²) in [5.74, 6) is 0.517. The van der Waals surface area contributed by atoms with Crippen LogP contribution in [-0.4, -0.2) is 20.1 Å². The molecule has 1 saturated heterocycles. The Labute approximate surface area is 102 Å². The molecule has 0 spiro atoms. The topological polar surface area (TPSA) is 41.3 Å². The number of nitrogens with zero attached hydrogens (tertiary/aromatic N) is 1. The average Bonchev–Trinajstić information content (AvgIpc) is 2.31. The summed E-state index contributed by atoms with van der Waals surface area (Å²) < 4.78 is 13.9. The molecule has 4 heteroatoms. The van der Waals surface area contributed by atoms with Crippen LogP contribution >= 0.6 is 0 Å². The van der Waals surface area contributed by atoms with Crippen molar-refractivity contribution < 1.29 is 4.39 Å². The summed E-state index contributed by atoms with van der Waals surface area (Å²) in [4.78, 5) is 2.11. The maximum Gasteiger partial charge on any atom is 0.148 e. The van der Waals surface area contributed by atoms with E-state index in [0.717, 1.165) is 37.5 Å². The Bertz CT molecular complexity index is 398. The SMILES string of the molecule is CNc1cc(N2CCC(C)CC2)c(F)cc1N. The minimum absolute atomic E-state index is 0.226. The summed E-state index contributed by atoms with van der Waals surface area (Å²) in [7, 11) is 1.80. The van der Waals surface area contributed by atoms with E-state index in [1.807, 2.05) is 0 Å². The highest BCUT2D eigenvalue weighted by atomic mass is 19.1. The van der Waals surface area contributed by atoms with E-state index in [1.165, 1.54) is 6.07 Å². The third-order valence-electron chi connectivity index (χ3n) is 3.51. The third-order valence-corrected chi connectivity index (χ3v) is 3.51. The van der Waals surface area contributed by atoms with Crippen molar-refractivity contribution >= 4 is 17.1 Å². The van der Waals surface area contributed by atoms with Crippen LogP contribution in [-0.2, 0) is 0 Å². The quantitative estimate of drug-likeness (QED) is 0.777. The van der Waals surface area contributed by atoms with Crippen molar-refractivity contribution in [3.63, 3.8) is 0 Å². The first kappa shape index (κ1) is 12.0. The summed E-state index contributed by atoms with van der Waals surface area (Å²) in [6.07, 6.45) is 2.25. The molecule has 1 aromatic rings. The first-order chi connectivity index (χ1) is 8.11. The van der Waals surface area contributed by atoms with Crippen molar-refractivity contribution in [1.29, 1.82) is 0 Å². The van der Waals surface area contributed by atoms with Crippen LogP contribution in [0, 0.1) is 11.7 Å². The number of nitrogens with one attached hydrogen (secondary N) is 1. The van der Waals surface area contributed by atoms with Crippen LogP contribution < -0.4 is 16.0 Å². The summed E-state index contributed by atoms with van der Waals surface area (Å²) in [5, 5.41) is 2.99. The van der Waals surface area contributed by atoms with Gasteiger partial charge >= 0.3 is 0 Å². The molecular weight excluding hydrogens is 217 g/mol. The van der Waals surface area contributed by atoms with Gasteiger partial charge in [-0.25, -0.2) is 4.39 Å². The first-order valence-electron chi connectivity index (χ1n) is 6.13. The number of hydrogen-bond acceptors (Lipinski definition) is 3. The monoisotopic (exact) mass is 237 g/mol. The lowest BCUT2D eigenvalue weighted by atomic mass is 9.98. The summed E-state index contributed by atoms with van der Waals surface area (Å²) in [6, 6.07) is 3.21. The van der Waals surface area contributed by atoms with Gasteiger partial charge in [-0.15, -0.1) is 0 Å². The van der Waals surface area contributed by atoms with Gasteiger partial charge in [0, 0.05) is 26.2 Å². The van der Waals surface area contributed by atoms with Crippen LogP contribution in [0.5, 0.6) is 0 Å². The number of anilines is 3. The molecule has 0 bridgehead atoms. The van der Waals surface area contributed by atoms with Gasteiger partial charge in [-0.2, -0.15) is 0 Å². The zero-order valence-electron chi connectivity index (χ0n) is 10.5. The number of halogens is 1. The molecule has 0 radical (unpaired) electrons. The van der Waals surface area contributed by atoms with E-state index in [2.05, 4.69) is 17.1 Å². The first-order valence-corrected chi connectivity index (χ1v) is 6.13. The third kappa shape index (κ3) is 2.46. The lowest BCUT2D eigenvalue weighted by Gasteiger charge is -2.32. The predicted molar refractivity (Wildman–Crippen MR) is 71.0 cm³/mol. The second-order valence-corrected chi connectivity index (χ2v) is 4.81. The summed E-state index contributed by atoms with van der Waals surface area (Å²) in [6.45, 7) is 4.09. The highest BCUT2D eigenvalue weighted by Crippen LogP contribution is 2.31. The van der Waals surface area contributed by atoms with E-state index < -0.39 is 0 Å². The second kappa shape index (κ2) is 4.82. The molecular formula is C13H20FN3. The molecule has 1 aliphatic rings. The van der Waals surface area contributed by atoms with Crippen LogP contribution in [0.4, 0.5) is 21.5 Å². The van der Waals surface area contributed by atoms with Crippen LogP contribution in [0.15, 0.2) is 12.1 Å². The zero-order chi connectivity index (χ0) is 12.4. The fourth-order valence-electron chi connectivity index (χ4n) is 2.29. The number of hydrogen-bond donors (Lipinski definition) is 2. The fourth-order valence-corrected chi connectivity index (χ4v) is 2.29. The molecule has 1 heterocycles. The zero-order valence-corrected chi connectivity index (χ0v) is 10.5. The van der Waals surface area contributed by atoms with Crippen LogP contribution in [0.3, 0.4) is 0 Å². The van der Waals surface area contributed by atoms with Crippen molar-refractivity contribution in [3.05, 3.63) is 17.9 Å². The van der Waals surface area contributed by atoms with Gasteiger partial charge < -0.3 is 16.0 Å². The van der Waals surface area contributed by atoms with Gasteiger partial charge in [0.15, 0.2) is 0 Å². The molecule has 94 valence electrons. The molecule has 0 atom stereocenters. The minimum atomic E-state index is -0.226. The molecule has 3 nitrogen and oxygen atoms in total. The maximum absolute atomic E-state index is 13.9. The van der Waals surface area contributed by atoms with Gasteiger partial charge in [0.1, 0.15) is 5.82 Å². The molecule has 0 unspecified atom stereocenters. The normalized spacial score (nSPS) is 17.2. The van der Waals surface area contributed by atoms with Gasteiger partial charge in [-0.3, -0.25) is 0 Å². The summed E-state index contributed by atoms with van der Waals surface area (Å²) >= 11 is 0. The van der Waals surface area contributed by atoms with Gasteiger partial charge in [-0.1, -0.05) is 6.92 Å². The summed E-state index contributed by atoms with van der Waals surface area (Å²) in [5.41, 5.74) is 7.64. The molecule has 0 amide bonds. The molecule has 17 heavy (non-hydrogen) atoms. The number of nitrogen functional groups attached to an aromatic ring is 1. The van der Waals surface area contributed by atoms with Gasteiger partial charge in [0.2, 0.25) is 0 Å². The maximum atomic E-state index is 13.9. The largest absolute Gasteiger partial charge is 0.397 e. The van der Waals surface area contributed by atoms with E-state index in [4.69, 9.17) is 5.73 Å². The number of rotatable bonds is 2. The Balaban J connectivity index is 2.25.